The van der Waals surface area contributed by atoms with Gasteiger partial charge in [0, 0.05) is 38.2 Å². The number of hydrogen-bond donors (Lipinski definition) is 1. The average Bonchev–Trinajstić information content (AvgIpc) is 2.93. The van der Waals surface area contributed by atoms with Crippen molar-refractivity contribution in [1.82, 2.24) is 5.32 Å². The van der Waals surface area contributed by atoms with Gasteiger partial charge in [0.1, 0.15) is 5.75 Å². The standard InChI is InChI=1S/C24H21ClN2O2S/c1-3-20-19-13-17(25)7-11-22(19)30-23-10-6-16(12-21(23)27-20)24(28)26-14-15-4-8-18(29-2)9-5-15/h4-13H,3,14H2,1-2H3,(H,26,28). The van der Waals surface area contributed by atoms with E-state index in [-0.39, 0.29) is 5.91 Å². The Kier molecular flexibility index (Phi) is 6.11. The first-order valence-corrected chi connectivity index (χ1v) is 10.9. The normalized spacial score (nSPS) is 12.3. The quantitative estimate of drug-likeness (QED) is 0.512. The summed E-state index contributed by atoms with van der Waals surface area (Å²) in [7, 11) is 1.63. The zero-order valence-corrected chi connectivity index (χ0v) is 18.3. The van der Waals surface area contributed by atoms with Crippen molar-refractivity contribution in [3.8, 4) is 5.75 Å². The maximum absolute atomic E-state index is 12.7. The van der Waals surface area contributed by atoms with E-state index in [1.54, 1.807) is 18.9 Å². The number of halogens is 1. The summed E-state index contributed by atoms with van der Waals surface area (Å²) >= 11 is 7.86. The van der Waals surface area contributed by atoms with Crippen LogP contribution in [0.2, 0.25) is 5.02 Å². The summed E-state index contributed by atoms with van der Waals surface area (Å²) in [5, 5.41) is 3.67. The minimum atomic E-state index is -0.128. The number of benzene rings is 3. The molecule has 1 aliphatic heterocycles. The van der Waals surface area contributed by atoms with Gasteiger partial charge in [0.25, 0.3) is 5.91 Å². The van der Waals surface area contributed by atoms with Gasteiger partial charge in [0.2, 0.25) is 0 Å². The molecule has 1 amide bonds. The molecule has 3 aromatic rings. The van der Waals surface area contributed by atoms with E-state index >= 15 is 0 Å². The number of nitrogens with zero attached hydrogens (tertiary/aromatic N) is 1. The lowest BCUT2D eigenvalue weighted by atomic mass is 10.1. The van der Waals surface area contributed by atoms with E-state index < -0.39 is 0 Å². The molecule has 3 aromatic carbocycles. The molecule has 0 atom stereocenters. The minimum Gasteiger partial charge on any atom is -0.497 e. The fraction of sp³-hybridized carbons (Fsp3) is 0.167. The minimum absolute atomic E-state index is 0.128. The molecular weight excluding hydrogens is 416 g/mol. The molecule has 4 nitrogen and oxygen atoms in total. The van der Waals surface area contributed by atoms with Crippen molar-refractivity contribution < 1.29 is 9.53 Å². The molecule has 0 saturated heterocycles. The molecule has 0 aromatic heterocycles. The number of fused-ring (bicyclic) bond motifs is 2. The number of nitrogens with one attached hydrogen (secondary N) is 1. The van der Waals surface area contributed by atoms with Crippen molar-refractivity contribution in [2.45, 2.75) is 29.7 Å². The van der Waals surface area contributed by atoms with E-state index in [1.165, 1.54) is 0 Å². The van der Waals surface area contributed by atoms with Gasteiger partial charge in [0.05, 0.1) is 12.8 Å². The van der Waals surface area contributed by atoms with Gasteiger partial charge >= 0.3 is 0 Å². The predicted molar refractivity (Wildman–Crippen MR) is 123 cm³/mol. The molecule has 6 heteroatoms. The lowest BCUT2D eigenvalue weighted by Gasteiger charge is -2.09. The van der Waals surface area contributed by atoms with Gasteiger partial charge in [0.15, 0.2) is 0 Å². The highest BCUT2D eigenvalue weighted by molar-refractivity contribution is 7.99. The van der Waals surface area contributed by atoms with Crippen molar-refractivity contribution >= 4 is 40.7 Å². The molecular formula is C24H21ClN2O2S. The van der Waals surface area contributed by atoms with Crippen LogP contribution in [0.5, 0.6) is 5.75 Å². The summed E-state index contributed by atoms with van der Waals surface area (Å²) in [6, 6.07) is 19.2. The first kappa shape index (κ1) is 20.5. The summed E-state index contributed by atoms with van der Waals surface area (Å²) in [5.74, 6) is 0.664. The van der Waals surface area contributed by atoms with Gasteiger partial charge in [-0.1, -0.05) is 42.4 Å². The zero-order valence-electron chi connectivity index (χ0n) is 16.7. The lowest BCUT2D eigenvalue weighted by Crippen LogP contribution is -2.22. The third-order valence-electron chi connectivity index (χ3n) is 4.90. The molecule has 0 spiro atoms. The largest absolute Gasteiger partial charge is 0.497 e. The van der Waals surface area contributed by atoms with E-state index in [0.29, 0.717) is 17.1 Å². The molecule has 0 unspecified atom stereocenters. The second-order valence-corrected chi connectivity index (χ2v) is 8.39. The second-order valence-electron chi connectivity index (χ2n) is 6.87. The van der Waals surface area contributed by atoms with Crippen molar-refractivity contribution in [1.29, 1.82) is 0 Å². The smallest absolute Gasteiger partial charge is 0.251 e. The van der Waals surface area contributed by atoms with Gasteiger partial charge in [-0.3, -0.25) is 9.79 Å². The van der Waals surface area contributed by atoms with E-state index in [2.05, 4.69) is 12.2 Å². The summed E-state index contributed by atoms with van der Waals surface area (Å²) < 4.78 is 5.17. The van der Waals surface area contributed by atoms with Crippen LogP contribution >= 0.6 is 23.4 Å². The molecule has 0 radical (unpaired) electrons. The van der Waals surface area contributed by atoms with Crippen molar-refractivity contribution in [3.63, 3.8) is 0 Å². The van der Waals surface area contributed by atoms with Crippen LogP contribution in [-0.4, -0.2) is 18.7 Å². The van der Waals surface area contributed by atoms with Crippen LogP contribution in [0.15, 0.2) is 75.4 Å². The molecule has 0 saturated carbocycles. The Morgan fingerprint density at radius 2 is 1.83 bits per heavy atom. The maximum atomic E-state index is 12.7. The third kappa shape index (κ3) is 4.37. The Morgan fingerprint density at radius 3 is 2.57 bits per heavy atom. The molecule has 152 valence electrons. The highest BCUT2D eigenvalue weighted by atomic mass is 35.5. The molecule has 0 fully saturated rings. The van der Waals surface area contributed by atoms with Crippen LogP contribution in [0.4, 0.5) is 5.69 Å². The van der Waals surface area contributed by atoms with Crippen molar-refractivity contribution in [2.24, 2.45) is 4.99 Å². The van der Waals surface area contributed by atoms with Crippen LogP contribution < -0.4 is 10.1 Å². The highest BCUT2D eigenvalue weighted by Gasteiger charge is 2.18. The van der Waals surface area contributed by atoms with Crippen LogP contribution in [0.3, 0.4) is 0 Å². The number of rotatable bonds is 5. The van der Waals surface area contributed by atoms with E-state index in [0.717, 1.165) is 44.5 Å². The Labute approximate surface area is 185 Å². The Bertz CT molecular complexity index is 1130. The van der Waals surface area contributed by atoms with Gasteiger partial charge in [-0.2, -0.15) is 0 Å². The van der Waals surface area contributed by atoms with E-state index in [4.69, 9.17) is 21.3 Å². The molecule has 1 heterocycles. The summed E-state index contributed by atoms with van der Waals surface area (Å²) in [5.41, 5.74) is 4.42. The Hall–Kier alpha value is -2.76. The lowest BCUT2D eigenvalue weighted by molar-refractivity contribution is 0.0951. The SMILES string of the molecule is CCC1=Nc2cc(C(=O)NCc3ccc(OC)cc3)ccc2Sc2ccc(Cl)cc21. The monoisotopic (exact) mass is 436 g/mol. The van der Waals surface area contributed by atoms with E-state index in [1.807, 2.05) is 60.7 Å². The molecule has 30 heavy (non-hydrogen) atoms. The van der Waals surface area contributed by atoms with Gasteiger partial charge in [-0.15, -0.1) is 0 Å². The zero-order chi connectivity index (χ0) is 21.1. The predicted octanol–water partition coefficient (Wildman–Crippen LogP) is 6.27. The molecule has 0 aliphatic carbocycles. The van der Waals surface area contributed by atoms with Crippen LogP contribution in [0.1, 0.15) is 34.8 Å². The van der Waals surface area contributed by atoms with Gasteiger partial charge < -0.3 is 10.1 Å². The molecule has 1 aliphatic rings. The van der Waals surface area contributed by atoms with Crippen molar-refractivity contribution in [3.05, 3.63) is 82.4 Å². The fourth-order valence-corrected chi connectivity index (χ4v) is 4.45. The van der Waals surface area contributed by atoms with Crippen LogP contribution in [0.25, 0.3) is 0 Å². The number of methoxy groups -OCH3 is 1. The molecule has 1 N–H and O–H groups in total. The number of carbonyl (C=O) groups excluding carboxylic acids is 1. The number of ether oxygens (including phenoxy) is 1. The summed E-state index contributed by atoms with van der Waals surface area (Å²) in [6.07, 6.45) is 0.779. The van der Waals surface area contributed by atoms with Gasteiger partial charge in [-0.25, -0.2) is 0 Å². The topological polar surface area (TPSA) is 50.7 Å². The number of aliphatic imine (C=N–C) groups is 1. The maximum Gasteiger partial charge on any atom is 0.251 e. The van der Waals surface area contributed by atoms with E-state index in [9.17, 15) is 4.79 Å². The first-order valence-electron chi connectivity index (χ1n) is 9.68. The number of hydrogen-bond acceptors (Lipinski definition) is 4. The summed E-state index contributed by atoms with van der Waals surface area (Å²) in [4.78, 5) is 19.7. The van der Waals surface area contributed by atoms with Crippen molar-refractivity contribution in [2.75, 3.05) is 7.11 Å². The Morgan fingerprint density at radius 1 is 1.07 bits per heavy atom. The van der Waals surface area contributed by atoms with Crippen LogP contribution in [0, 0.1) is 0 Å². The number of carbonyl (C=O) groups is 1. The number of amides is 1. The Balaban J connectivity index is 1.56. The summed E-state index contributed by atoms with van der Waals surface area (Å²) in [6.45, 7) is 2.52. The van der Waals surface area contributed by atoms with Crippen LogP contribution in [-0.2, 0) is 6.54 Å². The average molecular weight is 437 g/mol. The highest BCUT2D eigenvalue weighted by Crippen LogP contribution is 2.41. The second kappa shape index (κ2) is 8.94. The van der Waals surface area contributed by atoms with Gasteiger partial charge in [-0.05, 0) is 60.5 Å². The first-order chi connectivity index (χ1) is 14.6. The third-order valence-corrected chi connectivity index (χ3v) is 6.27. The molecule has 4 rings (SSSR count). The fourth-order valence-electron chi connectivity index (χ4n) is 3.27. The molecule has 0 bridgehead atoms.